The maximum atomic E-state index is 13.6. The van der Waals surface area contributed by atoms with Gasteiger partial charge < -0.3 is 18.6 Å². The number of para-hydroxylation sites is 1. The average Bonchev–Trinajstić information content (AvgIpc) is 3.43. The van der Waals surface area contributed by atoms with Crippen molar-refractivity contribution in [1.29, 1.82) is 0 Å². The molecule has 7 nitrogen and oxygen atoms in total. The number of rotatable bonds is 8. The topological polar surface area (TPSA) is 78.2 Å². The molecule has 1 aromatic heterocycles. The van der Waals surface area contributed by atoms with Crippen LogP contribution in [-0.4, -0.2) is 33.1 Å². The Morgan fingerprint density at radius 1 is 0.875 bits per heavy atom. The summed E-state index contributed by atoms with van der Waals surface area (Å²) in [6.45, 7) is 0. The molecule has 0 bridgehead atoms. The zero-order chi connectivity index (χ0) is 22.7. The first-order valence-electron chi connectivity index (χ1n) is 9.72. The average molecular weight is 452 g/mol. The Morgan fingerprint density at radius 2 is 1.66 bits per heavy atom. The molecule has 3 aromatic rings. The third kappa shape index (κ3) is 3.85. The molecule has 0 fully saturated rings. The zero-order valence-corrected chi connectivity index (χ0v) is 18.6. The van der Waals surface area contributed by atoms with Crippen LogP contribution in [0.4, 0.5) is 5.69 Å². The number of carbonyl (C=O) groups is 2. The van der Waals surface area contributed by atoms with Gasteiger partial charge in [0.05, 0.1) is 49.5 Å². The number of thioether (sulfide) groups is 1. The van der Waals surface area contributed by atoms with Crippen LogP contribution in [-0.2, 0) is 15.3 Å². The van der Waals surface area contributed by atoms with Crippen LogP contribution in [0.15, 0.2) is 70.2 Å². The first-order valence-corrected chi connectivity index (χ1v) is 10.7. The van der Waals surface area contributed by atoms with Crippen LogP contribution in [0.2, 0.25) is 0 Å². The minimum absolute atomic E-state index is 0.280. The van der Waals surface area contributed by atoms with E-state index >= 15 is 0 Å². The van der Waals surface area contributed by atoms with E-state index in [2.05, 4.69) is 0 Å². The van der Waals surface area contributed by atoms with Gasteiger partial charge in [-0.3, -0.25) is 9.59 Å². The Bertz CT molecular complexity index is 1180. The third-order valence-corrected chi connectivity index (χ3v) is 6.08. The summed E-state index contributed by atoms with van der Waals surface area (Å²) in [5, 5.41) is 0. The van der Waals surface area contributed by atoms with E-state index < -0.39 is 11.8 Å². The number of hydrogen-bond donors (Lipinski definition) is 0. The van der Waals surface area contributed by atoms with Crippen molar-refractivity contribution >= 4 is 34.8 Å². The van der Waals surface area contributed by atoms with Gasteiger partial charge in [0, 0.05) is 11.6 Å². The summed E-state index contributed by atoms with van der Waals surface area (Å²) in [6.07, 6.45) is 1.57. The van der Waals surface area contributed by atoms with E-state index in [0.717, 1.165) is 4.90 Å². The Balaban J connectivity index is 1.81. The van der Waals surface area contributed by atoms with Gasteiger partial charge in [-0.05, 0) is 30.3 Å². The Kier molecular flexibility index (Phi) is 6.23. The second-order valence-corrected chi connectivity index (χ2v) is 7.74. The Morgan fingerprint density at radius 3 is 2.34 bits per heavy atom. The van der Waals surface area contributed by atoms with Crippen LogP contribution >= 0.6 is 11.8 Å². The van der Waals surface area contributed by atoms with Crippen molar-refractivity contribution in [1.82, 2.24) is 0 Å². The number of nitrogens with zero attached hydrogens (tertiary/aromatic N) is 1. The normalized spacial score (nSPS) is 13.7. The van der Waals surface area contributed by atoms with Gasteiger partial charge in [0.15, 0.2) is 0 Å². The van der Waals surface area contributed by atoms with E-state index in [0.29, 0.717) is 44.9 Å². The second kappa shape index (κ2) is 9.23. The molecule has 0 unspecified atom stereocenters. The SMILES string of the molecule is COc1ccc(N2C(=O)C(SCc3ccco3)=C(c3ccccc3OC)C2=O)c(OC)c1. The number of methoxy groups -OCH3 is 3. The van der Waals surface area contributed by atoms with Gasteiger partial charge in [-0.1, -0.05) is 18.2 Å². The van der Waals surface area contributed by atoms with Gasteiger partial charge in [-0.15, -0.1) is 11.8 Å². The zero-order valence-electron chi connectivity index (χ0n) is 17.8. The lowest BCUT2D eigenvalue weighted by Crippen LogP contribution is -2.31. The van der Waals surface area contributed by atoms with Crippen molar-refractivity contribution in [2.24, 2.45) is 0 Å². The first kappa shape index (κ1) is 21.6. The minimum atomic E-state index is -0.454. The molecule has 0 saturated heterocycles. The van der Waals surface area contributed by atoms with Gasteiger partial charge in [0.2, 0.25) is 0 Å². The quantitative estimate of drug-likeness (QED) is 0.466. The van der Waals surface area contributed by atoms with Crippen molar-refractivity contribution in [2.45, 2.75) is 5.75 Å². The number of carbonyl (C=O) groups excluding carboxylic acids is 2. The highest BCUT2D eigenvalue weighted by molar-refractivity contribution is 8.03. The van der Waals surface area contributed by atoms with Gasteiger partial charge in [0.1, 0.15) is 23.0 Å². The monoisotopic (exact) mass is 451 g/mol. The standard InChI is InChI=1S/C24H21NO6S/c1-28-15-10-11-18(20(13-15)30-3)25-23(26)21(17-8-4-5-9-19(17)29-2)22(24(25)27)32-14-16-7-6-12-31-16/h4-13H,14H2,1-3H3. The molecule has 164 valence electrons. The fraction of sp³-hybridized carbons (Fsp3) is 0.167. The summed E-state index contributed by atoms with van der Waals surface area (Å²) in [5.41, 5.74) is 1.16. The molecule has 32 heavy (non-hydrogen) atoms. The summed E-state index contributed by atoms with van der Waals surface area (Å²) >= 11 is 1.25. The molecule has 0 radical (unpaired) electrons. The van der Waals surface area contributed by atoms with E-state index in [4.69, 9.17) is 18.6 Å². The van der Waals surface area contributed by atoms with E-state index in [1.54, 1.807) is 48.7 Å². The Labute approximate surface area is 189 Å². The van der Waals surface area contributed by atoms with Crippen molar-refractivity contribution in [2.75, 3.05) is 26.2 Å². The summed E-state index contributed by atoms with van der Waals surface area (Å²) in [6, 6.07) is 15.7. The number of amides is 2. The number of furan rings is 1. The van der Waals surface area contributed by atoms with Crippen molar-refractivity contribution < 1.29 is 28.2 Å². The molecule has 2 amide bonds. The van der Waals surface area contributed by atoms with E-state index in [9.17, 15) is 9.59 Å². The first-order chi connectivity index (χ1) is 15.6. The van der Waals surface area contributed by atoms with Crippen LogP contribution in [0, 0.1) is 0 Å². The van der Waals surface area contributed by atoms with Crippen LogP contribution < -0.4 is 19.1 Å². The number of benzene rings is 2. The van der Waals surface area contributed by atoms with Crippen molar-refractivity contribution in [3.05, 3.63) is 77.1 Å². The van der Waals surface area contributed by atoms with Crippen LogP contribution in [0.25, 0.3) is 5.57 Å². The Hall–Kier alpha value is -3.65. The highest BCUT2D eigenvalue weighted by Gasteiger charge is 2.42. The van der Waals surface area contributed by atoms with Crippen LogP contribution in [0.3, 0.4) is 0 Å². The lowest BCUT2D eigenvalue weighted by atomic mass is 10.0. The van der Waals surface area contributed by atoms with Gasteiger partial charge >= 0.3 is 0 Å². The molecule has 1 aliphatic rings. The number of anilines is 1. The molecule has 0 saturated carbocycles. The molecule has 2 aromatic carbocycles. The minimum Gasteiger partial charge on any atom is -0.497 e. The van der Waals surface area contributed by atoms with Crippen LogP contribution in [0.5, 0.6) is 17.2 Å². The molecule has 1 aliphatic heterocycles. The largest absolute Gasteiger partial charge is 0.497 e. The molecule has 4 rings (SSSR count). The van der Waals surface area contributed by atoms with Gasteiger partial charge in [-0.25, -0.2) is 4.90 Å². The maximum absolute atomic E-state index is 13.6. The third-order valence-electron chi connectivity index (χ3n) is 4.98. The summed E-state index contributed by atoms with van der Waals surface area (Å²) in [5.74, 6) is 1.61. The van der Waals surface area contributed by atoms with Crippen molar-refractivity contribution in [3.8, 4) is 17.2 Å². The molecular weight excluding hydrogens is 430 g/mol. The molecule has 0 N–H and O–H groups in total. The fourth-order valence-corrected chi connectivity index (χ4v) is 4.47. The summed E-state index contributed by atoms with van der Waals surface area (Å²) in [7, 11) is 4.54. The molecule has 0 spiro atoms. The summed E-state index contributed by atoms with van der Waals surface area (Å²) < 4.78 is 21.6. The summed E-state index contributed by atoms with van der Waals surface area (Å²) in [4.78, 5) is 28.6. The molecular formula is C24H21NO6S. The number of ether oxygens (including phenoxy) is 3. The highest BCUT2D eigenvalue weighted by Crippen LogP contribution is 2.44. The smallest absolute Gasteiger partial charge is 0.272 e. The van der Waals surface area contributed by atoms with Crippen molar-refractivity contribution in [3.63, 3.8) is 0 Å². The highest BCUT2D eigenvalue weighted by atomic mass is 32.2. The van der Waals surface area contributed by atoms with Crippen LogP contribution in [0.1, 0.15) is 11.3 Å². The second-order valence-electron chi connectivity index (χ2n) is 6.76. The van der Waals surface area contributed by atoms with E-state index in [-0.39, 0.29) is 5.57 Å². The molecule has 0 atom stereocenters. The van der Waals surface area contributed by atoms with Gasteiger partial charge in [-0.2, -0.15) is 0 Å². The van der Waals surface area contributed by atoms with E-state index in [1.807, 2.05) is 12.1 Å². The fourth-order valence-electron chi connectivity index (χ4n) is 3.46. The number of imide groups is 1. The molecule has 8 heteroatoms. The maximum Gasteiger partial charge on any atom is 0.272 e. The lowest BCUT2D eigenvalue weighted by molar-refractivity contribution is -0.119. The van der Waals surface area contributed by atoms with Gasteiger partial charge in [0.25, 0.3) is 11.8 Å². The van der Waals surface area contributed by atoms with E-state index in [1.165, 1.54) is 33.1 Å². The lowest BCUT2D eigenvalue weighted by Gasteiger charge is -2.19. The molecule has 2 heterocycles. The predicted octanol–water partition coefficient (Wildman–Crippen LogP) is 4.52. The molecule has 0 aliphatic carbocycles. The predicted molar refractivity (Wildman–Crippen MR) is 122 cm³/mol. The number of hydrogen-bond acceptors (Lipinski definition) is 7.